The maximum atomic E-state index is 10.9. The minimum atomic E-state index is -0.564. The number of nitrogen functional groups attached to an aromatic ring is 1. The number of nitrogens with two attached hydrogens (primary N) is 1. The van der Waals surface area contributed by atoms with Crippen molar-refractivity contribution in [3.8, 4) is 0 Å². The van der Waals surface area contributed by atoms with Crippen molar-refractivity contribution >= 4 is 17.5 Å². The summed E-state index contributed by atoms with van der Waals surface area (Å²) in [5.41, 5.74) is 5.43. The smallest absolute Gasteiger partial charge is 0.332 e. The molecule has 0 aromatic carbocycles. The number of ether oxygens (including phenoxy) is 1. The van der Waals surface area contributed by atoms with Crippen molar-refractivity contribution in [2.45, 2.75) is 6.92 Å². The molecule has 1 heterocycles. The summed E-state index contributed by atoms with van der Waals surface area (Å²) in [4.78, 5) is 17.8. The minimum Gasteiger partial charge on any atom is -0.394 e. The second-order valence-electron chi connectivity index (χ2n) is 3.38. The van der Waals surface area contributed by atoms with Crippen LogP contribution in [0.4, 0.5) is 17.5 Å². The summed E-state index contributed by atoms with van der Waals surface area (Å²) in [7, 11) is 0. The SMILES string of the molecule is Cc1nc(N)nc(NCCOCCO)c1[N+](=O)[O-]. The lowest BCUT2D eigenvalue weighted by Crippen LogP contribution is -2.15. The Morgan fingerprint density at radius 3 is 2.83 bits per heavy atom. The zero-order valence-corrected chi connectivity index (χ0v) is 9.92. The molecule has 100 valence electrons. The van der Waals surface area contributed by atoms with Gasteiger partial charge in [0.15, 0.2) is 0 Å². The summed E-state index contributed by atoms with van der Waals surface area (Å²) in [6, 6.07) is 0. The second-order valence-corrected chi connectivity index (χ2v) is 3.38. The maximum Gasteiger partial charge on any atom is 0.332 e. The molecule has 0 atom stereocenters. The first kappa shape index (κ1) is 14.1. The number of aliphatic hydroxyl groups excluding tert-OH is 1. The number of rotatable bonds is 7. The largest absolute Gasteiger partial charge is 0.394 e. The highest BCUT2D eigenvalue weighted by Crippen LogP contribution is 2.25. The van der Waals surface area contributed by atoms with E-state index in [1.165, 1.54) is 6.92 Å². The Morgan fingerprint density at radius 2 is 2.22 bits per heavy atom. The third kappa shape index (κ3) is 3.79. The van der Waals surface area contributed by atoms with Gasteiger partial charge in [-0.25, -0.2) is 4.98 Å². The molecular formula is C9H15N5O4. The van der Waals surface area contributed by atoms with Crippen LogP contribution in [-0.4, -0.2) is 46.4 Å². The third-order valence-corrected chi connectivity index (χ3v) is 2.03. The quantitative estimate of drug-likeness (QED) is 0.344. The number of aryl methyl sites for hydroxylation is 1. The summed E-state index contributed by atoms with van der Waals surface area (Å²) >= 11 is 0. The molecule has 0 fully saturated rings. The Kier molecular flexibility index (Phi) is 5.21. The molecule has 1 aromatic heterocycles. The highest BCUT2D eigenvalue weighted by atomic mass is 16.6. The Balaban J connectivity index is 2.71. The molecule has 0 saturated heterocycles. The summed E-state index contributed by atoms with van der Waals surface area (Å²) in [6.07, 6.45) is 0. The summed E-state index contributed by atoms with van der Waals surface area (Å²) < 4.78 is 5.01. The molecule has 0 aliphatic heterocycles. The van der Waals surface area contributed by atoms with E-state index in [-0.39, 0.29) is 36.4 Å². The van der Waals surface area contributed by atoms with Gasteiger partial charge in [-0.1, -0.05) is 0 Å². The monoisotopic (exact) mass is 257 g/mol. The van der Waals surface area contributed by atoms with Gasteiger partial charge in [-0.2, -0.15) is 4.98 Å². The molecule has 1 aromatic rings. The van der Waals surface area contributed by atoms with Gasteiger partial charge in [0.05, 0.1) is 24.7 Å². The molecule has 0 bridgehead atoms. The molecule has 0 aliphatic carbocycles. The van der Waals surface area contributed by atoms with Crippen molar-refractivity contribution in [3.63, 3.8) is 0 Å². The van der Waals surface area contributed by atoms with E-state index in [0.29, 0.717) is 13.2 Å². The predicted molar refractivity (Wildman–Crippen MR) is 64.2 cm³/mol. The van der Waals surface area contributed by atoms with Gasteiger partial charge >= 0.3 is 5.69 Å². The molecule has 0 radical (unpaired) electrons. The van der Waals surface area contributed by atoms with Gasteiger partial charge in [-0.15, -0.1) is 0 Å². The van der Waals surface area contributed by atoms with E-state index in [0.717, 1.165) is 0 Å². The average Bonchev–Trinajstić information content (AvgIpc) is 2.27. The standard InChI is InChI=1S/C9H15N5O4/c1-6-7(14(16)17)8(13-9(10)12-6)11-2-4-18-5-3-15/h15H,2-5H2,1H3,(H3,10,11,12,13). The van der Waals surface area contributed by atoms with Crippen LogP contribution in [0.5, 0.6) is 0 Å². The van der Waals surface area contributed by atoms with Crippen LogP contribution in [0.2, 0.25) is 0 Å². The molecule has 0 unspecified atom stereocenters. The van der Waals surface area contributed by atoms with Crippen LogP contribution in [-0.2, 0) is 4.74 Å². The fourth-order valence-corrected chi connectivity index (χ4v) is 1.34. The zero-order valence-electron chi connectivity index (χ0n) is 9.92. The number of aromatic nitrogens is 2. The summed E-state index contributed by atoms with van der Waals surface area (Å²) in [6.45, 7) is 2.25. The van der Waals surface area contributed by atoms with Crippen LogP contribution in [0.1, 0.15) is 5.69 Å². The molecule has 1 rings (SSSR count). The number of hydrogen-bond acceptors (Lipinski definition) is 8. The van der Waals surface area contributed by atoms with E-state index in [4.69, 9.17) is 15.6 Å². The average molecular weight is 257 g/mol. The fourth-order valence-electron chi connectivity index (χ4n) is 1.34. The van der Waals surface area contributed by atoms with Crippen LogP contribution in [0, 0.1) is 17.0 Å². The maximum absolute atomic E-state index is 10.9. The molecule has 0 saturated carbocycles. The molecule has 0 spiro atoms. The van der Waals surface area contributed by atoms with Crippen molar-refractivity contribution in [1.29, 1.82) is 0 Å². The van der Waals surface area contributed by atoms with Crippen LogP contribution in [0.15, 0.2) is 0 Å². The Morgan fingerprint density at radius 1 is 1.50 bits per heavy atom. The van der Waals surface area contributed by atoms with Gasteiger partial charge < -0.3 is 20.9 Å². The van der Waals surface area contributed by atoms with Gasteiger partial charge in [0, 0.05) is 6.54 Å². The first-order valence-corrected chi connectivity index (χ1v) is 5.27. The first-order valence-electron chi connectivity index (χ1n) is 5.27. The van der Waals surface area contributed by atoms with Crippen LogP contribution in [0.3, 0.4) is 0 Å². The molecule has 9 nitrogen and oxygen atoms in total. The van der Waals surface area contributed by atoms with E-state index in [1.54, 1.807) is 0 Å². The van der Waals surface area contributed by atoms with E-state index in [2.05, 4.69) is 15.3 Å². The molecule has 9 heteroatoms. The molecule has 0 aliphatic rings. The summed E-state index contributed by atoms with van der Waals surface area (Å²) in [5.74, 6) is 0.0366. The number of nitrogens with one attached hydrogen (secondary N) is 1. The number of nitro groups is 1. The van der Waals surface area contributed by atoms with Crippen LogP contribution in [0.25, 0.3) is 0 Å². The van der Waals surface area contributed by atoms with E-state index >= 15 is 0 Å². The van der Waals surface area contributed by atoms with Crippen molar-refractivity contribution in [2.24, 2.45) is 0 Å². The Labute approximate surface area is 103 Å². The molecule has 4 N–H and O–H groups in total. The number of hydrogen-bond donors (Lipinski definition) is 3. The van der Waals surface area contributed by atoms with E-state index in [9.17, 15) is 10.1 Å². The van der Waals surface area contributed by atoms with Gasteiger partial charge in [-0.3, -0.25) is 10.1 Å². The lowest BCUT2D eigenvalue weighted by Gasteiger charge is -2.08. The second kappa shape index (κ2) is 6.67. The van der Waals surface area contributed by atoms with Crippen LogP contribution < -0.4 is 11.1 Å². The lowest BCUT2D eigenvalue weighted by atomic mass is 10.3. The minimum absolute atomic E-state index is 0.0307. The van der Waals surface area contributed by atoms with E-state index in [1.807, 2.05) is 0 Å². The number of nitrogens with zero attached hydrogens (tertiary/aromatic N) is 3. The fraction of sp³-hybridized carbons (Fsp3) is 0.556. The molecule has 18 heavy (non-hydrogen) atoms. The normalized spacial score (nSPS) is 10.3. The molecular weight excluding hydrogens is 242 g/mol. The van der Waals surface area contributed by atoms with Crippen molar-refractivity contribution < 1.29 is 14.8 Å². The van der Waals surface area contributed by atoms with E-state index < -0.39 is 4.92 Å². The van der Waals surface area contributed by atoms with Crippen molar-refractivity contribution in [1.82, 2.24) is 9.97 Å². The number of anilines is 2. The van der Waals surface area contributed by atoms with Gasteiger partial charge in [0.2, 0.25) is 11.8 Å². The number of aliphatic hydroxyl groups is 1. The Bertz CT molecular complexity index is 426. The molecule has 0 amide bonds. The lowest BCUT2D eigenvalue weighted by molar-refractivity contribution is -0.385. The first-order chi connectivity index (χ1) is 8.56. The summed E-state index contributed by atoms with van der Waals surface area (Å²) in [5, 5.41) is 22.1. The predicted octanol–water partition coefficient (Wildman–Crippen LogP) is -0.304. The van der Waals surface area contributed by atoms with Gasteiger partial charge in [0.1, 0.15) is 5.69 Å². The topological polar surface area (TPSA) is 136 Å². The van der Waals surface area contributed by atoms with Gasteiger partial charge in [0.25, 0.3) is 0 Å². The highest BCUT2D eigenvalue weighted by Gasteiger charge is 2.20. The Hall–Kier alpha value is -2.00. The third-order valence-electron chi connectivity index (χ3n) is 2.03. The highest BCUT2D eigenvalue weighted by molar-refractivity contribution is 5.60. The van der Waals surface area contributed by atoms with Crippen molar-refractivity contribution in [2.75, 3.05) is 37.4 Å². The van der Waals surface area contributed by atoms with Crippen molar-refractivity contribution in [3.05, 3.63) is 15.8 Å². The zero-order chi connectivity index (χ0) is 13.5. The van der Waals surface area contributed by atoms with Gasteiger partial charge in [-0.05, 0) is 6.92 Å². The van der Waals surface area contributed by atoms with Crippen LogP contribution >= 0.6 is 0 Å².